The van der Waals surface area contributed by atoms with Crippen LogP contribution in [0.2, 0.25) is 0 Å². The molecule has 0 spiro atoms. The van der Waals surface area contributed by atoms with E-state index >= 15 is 0 Å². The lowest BCUT2D eigenvalue weighted by molar-refractivity contribution is -0.692. The minimum Gasteiger partial charge on any atom is -1.00 e. The molecule has 1 aromatic rings. The molecule has 1 heterocycles. The van der Waals surface area contributed by atoms with E-state index in [2.05, 4.69) is 12.6 Å². The Hall–Kier alpha value is 0.0900. The number of aryl methyl sites for hydroxylation is 1. The molecule has 0 fully saturated rings. The molecule has 4 N–H and O–H groups in total. The van der Waals surface area contributed by atoms with Crippen LogP contribution in [0.4, 0.5) is 0 Å². The van der Waals surface area contributed by atoms with Crippen molar-refractivity contribution in [1.82, 2.24) is 0 Å². The highest BCUT2D eigenvalue weighted by molar-refractivity contribution is 7.80. The van der Waals surface area contributed by atoms with Crippen LogP contribution < -0.4 is 17.0 Å². The van der Waals surface area contributed by atoms with Gasteiger partial charge < -0.3 is 32.0 Å². The molecule has 0 saturated carbocycles. The Bertz CT molecular complexity index is 511. The number of rotatable bonds is 6. The lowest BCUT2D eigenvalue weighted by atomic mass is 10.2. The van der Waals surface area contributed by atoms with Gasteiger partial charge in [-0.3, -0.25) is 9.13 Å². The lowest BCUT2D eigenvalue weighted by Gasteiger charge is -2.18. The Morgan fingerprint density at radius 1 is 1.20 bits per heavy atom. The zero-order chi connectivity index (χ0) is 14.7. The van der Waals surface area contributed by atoms with E-state index in [0.717, 1.165) is 0 Å². The van der Waals surface area contributed by atoms with Crippen LogP contribution in [0.3, 0.4) is 0 Å². The standard InChI is InChI=1S/C9H15NO6P2S.ClH/c11-17(12,13)9(18(14,15)16)6-8-2-1-3-10(7-8)4-5-19;/h1-3,7,9H,4-6H2,(H4-,11,12,13,14,15,16,19);1H. The van der Waals surface area contributed by atoms with E-state index in [0.29, 0.717) is 17.9 Å². The second kappa shape index (κ2) is 7.92. The van der Waals surface area contributed by atoms with Crippen LogP contribution in [0.25, 0.3) is 0 Å². The molecule has 0 radical (unpaired) electrons. The summed E-state index contributed by atoms with van der Waals surface area (Å²) in [6, 6.07) is 3.21. The van der Waals surface area contributed by atoms with Crippen molar-refractivity contribution < 1.29 is 45.7 Å². The van der Waals surface area contributed by atoms with Crippen LogP contribution in [0, 0.1) is 0 Å². The predicted molar refractivity (Wildman–Crippen MR) is 72.1 cm³/mol. The first kappa shape index (κ1) is 20.1. The topological polar surface area (TPSA) is 119 Å². The van der Waals surface area contributed by atoms with Crippen molar-refractivity contribution in [3.63, 3.8) is 0 Å². The molecule has 1 rings (SSSR count). The number of aromatic nitrogens is 1. The molecule has 0 atom stereocenters. The van der Waals surface area contributed by atoms with Crippen LogP contribution in [0.5, 0.6) is 0 Å². The smallest absolute Gasteiger partial charge is 0.341 e. The van der Waals surface area contributed by atoms with Gasteiger partial charge in [0.1, 0.15) is 0 Å². The highest BCUT2D eigenvalue weighted by Gasteiger charge is 2.43. The molecule has 0 aliphatic carbocycles. The van der Waals surface area contributed by atoms with Crippen LogP contribution in [0.1, 0.15) is 5.56 Å². The molecule has 0 saturated heterocycles. The molecule has 1 aromatic heterocycles. The SMILES string of the molecule is O=P(O)(O)C(Cc1ccc[n+](CCS)c1)P(=O)(O)O.[Cl-]. The van der Waals surface area contributed by atoms with E-state index in [1.807, 2.05) is 0 Å². The maximum Gasteiger partial charge on any atom is 0.341 e. The molecule has 0 aromatic carbocycles. The van der Waals surface area contributed by atoms with Crippen molar-refractivity contribution in [2.45, 2.75) is 18.4 Å². The predicted octanol–water partition coefficient (Wildman–Crippen LogP) is -2.87. The average molecular weight is 364 g/mol. The number of thiol groups is 1. The number of nitrogens with zero attached hydrogens (tertiary/aromatic N) is 1. The van der Waals surface area contributed by atoms with Crippen molar-refractivity contribution in [2.24, 2.45) is 0 Å². The summed E-state index contributed by atoms with van der Waals surface area (Å²) < 4.78 is 24.1. The zero-order valence-corrected chi connectivity index (χ0v) is 13.7. The van der Waals surface area contributed by atoms with Gasteiger partial charge in [-0.05, 0) is 6.07 Å². The van der Waals surface area contributed by atoms with Gasteiger partial charge in [0.25, 0.3) is 0 Å². The fourth-order valence-corrected chi connectivity index (χ4v) is 4.29. The van der Waals surface area contributed by atoms with E-state index in [1.165, 1.54) is 0 Å². The molecule has 20 heavy (non-hydrogen) atoms. The minimum atomic E-state index is -4.88. The van der Waals surface area contributed by atoms with Crippen LogP contribution in [0.15, 0.2) is 24.5 Å². The van der Waals surface area contributed by atoms with Crippen LogP contribution in [-0.2, 0) is 22.1 Å². The Kier molecular flexibility index (Phi) is 7.95. The van der Waals surface area contributed by atoms with Gasteiger partial charge in [-0.15, -0.1) is 0 Å². The largest absolute Gasteiger partial charge is 1.00 e. The summed E-state index contributed by atoms with van der Waals surface area (Å²) in [5.74, 6) is 0.578. The third-order valence-electron chi connectivity index (χ3n) is 2.47. The molecule has 0 amide bonds. The second-order valence-corrected chi connectivity index (χ2v) is 8.49. The van der Waals surface area contributed by atoms with E-state index in [1.54, 1.807) is 29.1 Å². The first-order chi connectivity index (χ1) is 8.64. The number of hydrogen-bond donors (Lipinski definition) is 5. The highest BCUT2D eigenvalue weighted by atomic mass is 35.5. The van der Waals surface area contributed by atoms with Crippen molar-refractivity contribution >= 4 is 27.8 Å². The van der Waals surface area contributed by atoms with Crippen molar-refractivity contribution in [3.8, 4) is 0 Å². The molecule has 11 heteroatoms. The third kappa shape index (κ3) is 6.24. The first-order valence-corrected chi connectivity index (χ1v) is 9.33. The summed E-state index contributed by atoms with van der Waals surface area (Å²) in [7, 11) is -9.76. The number of hydrogen-bond acceptors (Lipinski definition) is 3. The monoisotopic (exact) mass is 363 g/mol. The van der Waals surface area contributed by atoms with Crippen LogP contribution in [-0.4, -0.2) is 30.7 Å². The van der Waals surface area contributed by atoms with Crippen molar-refractivity contribution in [2.75, 3.05) is 5.75 Å². The van der Waals surface area contributed by atoms with Gasteiger partial charge in [0, 0.05) is 23.8 Å². The summed E-state index contributed by atoms with van der Waals surface area (Å²) >= 11 is 4.06. The summed E-state index contributed by atoms with van der Waals surface area (Å²) in [4.78, 5) is 36.2. The highest BCUT2D eigenvalue weighted by Crippen LogP contribution is 2.60. The quantitative estimate of drug-likeness (QED) is 0.211. The molecule has 0 bridgehead atoms. The van der Waals surface area contributed by atoms with Gasteiger partial charge in [0.15, 0.2) is 24.3 Å². The average Bonchev–Trinajstić information content (AvgIpc) is 2.24. The Morgan fingerprint density at radius 2 is 1.75 bits per heavy atom. The molecule has 0 unspecified atom stereocenters. The van der Waals surface area contributed by atoms with E-state index < -0.39 is 20.6 Å². The number of pyridine rings is 1. The minimum absolute atomic E-state index is 0. The van der Waals surface area contributed by atoms with Crippen molar-refractivity contribution in [1.29, 1.82) is 0 Å². The fourth-order valence-electron chi connectivity index (χ4n) is 1.60. The summed E-state index contributed by atoms with van der Waals surface area (Å²) in [5, 5.41) is -2.01. The van der Waals surface area contributed by atoms with E-state index in [4.69, 9.17) is 19.6 Å². The summed E-state index contributed by atoms with van der Waals surface area (Å²) in [6.07, 6.45) is 2.94. The molecular weight excluding hydrogens is 348 g/mol. The molecule has 0 aliphatic heterocycles. The van der Waals surface area contributed by atoms with E-state index in [-0.39, 0.29) is 18.8 Å². The van der Waals surface area contributed by atoms with Gasteiger partial charge in [0.2, 0.25) is 0 Å². The van der Waals surface area contributed by atoms with Gasteiger partial charge in [-0.25, -0.2) is 4.57 Å². The Labute approximate surface area is 128 Å². The van der Waals surface area contributed by atoms with Gasteiger partial charge in [0.05, 0.1) is 0 Å². The van der Waals surface area contributed by atoms with Gasteiger partial charge >= 0.3 is 15.2 Å². The first-order valence-electron chi connectivity index (χ1n) is 5.34. The Morgan fingerprint density at radius 3 is 2.20 bits per heavy atom. The maximum absolute atomic E-state index is 11.2. The van der Waals surface area contributed by atoms with Gasteiger partial charge in [-0.2, -0.15) is 12.6 Å². The maximum atomic E-state index is 11.2. The molecule has 116 valence electrons. The molecule has 0 aliphatic rings. The van der Waals surface area contributed by atoms with Gasteiger partial charge in [-0.1, -0.05) is 0 Å². The lowest BCUT2D eigenvalue weighted by Crippen LogP contribution is -3.00. The summed E-state index contributed by atoms with van der Waals surface area (Å²) in [5.41, 5.74) is 0.445. The van der Waals surface area contributed by atoms with E-state index in [9.17, 15) is 9.13 Å². The third-order valence-corrected chi connectivity index (χ3v) is 6.40. The fraction of sp³-hybridized carbons (Fsp3) is 0.444. The van der Waals surface area contributed by atoms with Crippen LogP contribution >= 0.6 is 27.8 Å². The number of halogens is 1. The van der Waals surface area contributed by atoms with Crippen molar-refractivity contribution in [3.05, 3.63) is 30.1 Å². The summed E-state index contributed by atoms with van der Waals surface area (Å²) in [6.45, 7) is 0.591. The zero-order valence-electron chi connectivity index (χ0n) is 10.3. The molecule has 7 nitrogen and oxygen atoms in total. The normalized spacial score (nSPS) is 12.3. The molecular formula is C9H16ClNO6P2S. The Balaban J connectivity index is 0.00000361. The second-order valence-electron chi connectivity index (χ2n) is 4.04.